The van der Waals surface area contributed by atoms with Gasteiger partial charge in [0.25, 0.3) is 0 Å². The molecule has 0 aromatic carbocycles. The highest BCUT2D eigenvalue weighted by Gasteiger charge is 2.11. The second kappa shape index (κ2) is 3.82. The van der Waals surface area contributed by atoms with E-state index in [1.165, 1.54) is 0 Å². The molecule has 6 heteroatoms. The summed E-state index contributed by atoms with van der Waals surface area (Å²) < 4.78 is 6.73. The van der Waals surface area contributed by atoms with Crippen LogP contribution in [0.1, 0.15) is 11.3 Å². The van der Waals surface area contributed by atoms with E-state index in [0.29, 0.717) is 5.88 Å². The van der Waals surface area contributed by atoms with E-state index in [1.807, 2.05) is 6.92 Å². The van der Waals surface area contributed by atoms with Crippen LogP contribution in [0, 0.1) is 6.92 Å². The minimum atomic E-state index is 0.277. The first kappa shape index (κ1) is 9.41. The summed E-state index contributed by atoms with van der Waals surface area (Å²) in [6, 6.07) is 0. The van der Waals surface area contributed by atoms with Crippen molar-refractivity contribution in [2.45, 2.75) is 13.5 Å². The molecule has 0 amide bonds. The van der Waals surface area contributed by atoms with Crippen LogP contribution in [-0.2, 0) is 13.6 Å². The van der Waals surface area contributed by atoms with Crippen molar-refractivity contribution in [3.8, 4) is 5.88 Å². The predicted molar refractivity (Wildman–Crippen MR) is 47.3 cm³/mol. The Kier molecular flexibility index (Phi) is 2.76. The van der Waals surface area contributed by atoms with Gasteiger partial charge in [0.1, 0.15) is 0 Å². The molecule has 0 N–H and O–H groups in total. The zero-order chi connectivity index (χ0) is 9.84. The average Bonchev–Trinajstić information content (AvgIpc) is 2.37. The number of azide groups is 1. The van der Waals surface area contributed by atoms with Gasteiger partial charge in [-0.2, -0.15) is 5.10 Å². The van der Waals surface area contributed by atoms with E-state index in [2.05, 4.69) is 15.1 Å². The maximum atomic E-state index is 8.18. The van der Waals surface area contributed by atoms with Crippen LogP contribution in [0.4, 0.5) is 0 Å². The van der Waals surface area contributed by atoms with Gasteiger partial charge in [0, 0.05) is 17.5 Å². The third-order valence-electron chi connectivity index (χ3n) is 1.77. The first-order chi connectivity index (χ1) is 6.20. The van der Waals surface area contributed by atoms with Crippen molar-refractivity contribution in [3.63, 3.8) is 0 Å². The molecule has 1 aromatic rings. The maximum absolute atomic E-state index is 8.18. The van der Waals surface area contributed by atoms with Gasteiger partial charge in [-0.05, 0) is 12.5 Å². The number of aromatic nitrogens is 2. The van der Waals surface area contributed by atoms with Crippen molar-refractivity contribution in [1.29, 1.82) is 0 Å². The standard InChI is InChI=1S/C7H11N5O/c1-5-6(4-9-11-8)7(13-3)12(2)10-5/h4H2,1-3H3. The topological polar surface area (TPSA) is 75.8 Å². The molecule has 0 spiro atoms. The van der Waals surface area contributed by atoms with Gasteiger partial charge in [0.2, 0.25) is 5.88 Å². The number of aryl methyl sites for hydroxylation is 2. The number of hydrogen-bond acceptors (Lipinski definition) is 3. The Morgan fingerprint density at radius 1 is 1.69 bits per heavy atom. The van der Waals surface area contributed by atoms with Crippen LogP contribution < -0.4 is 4.74 Å². The Morgan fingerprint density at radius 3 is 2.92 bits per heavy atom. The van der Waals surface area contributed by atoms with E-state index in [1.54, 1.807) is 18.8 Å². The first-order valence-electron chi connectivity index (χ1n) is 3.78. The largest absolute Gasteiger partial charge is 0.481 e. The van der Waals surface area contributed by atoms with E-state index in [0.717, 1.165) is 11.3 Å². The number of rotatable bonds is 3. The number of ether oxygens (including phenoxy) is 1. The number of hydrogen-bond donors (Lipinski definition) is 0. The molecule has 0 fully saturated rings. The Morgan fingerprint density at radius 2 is 2.38 bits per heavy atom. The van der Waals surface area contributed by atoms with Crippen LogP contribution in [0.2, 0.25) is 0 Å². The summed E-state index contributed by atoms with van der Waals surface area (Å²) in [7, 11) is 3.35. The molecule has 0 aliphatic rings. The maximum Gasteiger partial charge on any atom is 0.214 e. The molecule has 0 unspecified atom stereocenters. The molecule has 0 bridgehead atoms. The van der Waals surface area contributed by atoms with E-state index in [4.69, 9.17) is 10.3 Å². The third-order valence-corrected chi connectivity index (χ3v) is 1.77. The minimum Gasteiger partial charge on any atom is -0.481 e. The fraction of sp³-hybridized carbons (Fsp3) is 0.571. The molecule has 1 heterocycles. The van der Waals surface area contributed by atoms with Crippen molar-refractivity contribution in [1.82, 2.24) is 9.78 Å². The molecule has 70 valence electrons. The summed E-state index contributed by atoms with van der Waals surface area (Å²) >= 11 is 0. The SMILES string of the molecule is COc1c(CN=[N+]=[N-])c(C)nn1C. The lowest BCUT2D eigenvalue weighted by Gasteiger charge is -2.01. The lowest BCUT2D eigenvalue weighted by Crippen LogP contribution is -1.96. The highest BCUT2D eigenvalue weighted by molar-refractivity contribution is 5.30. The van der Waals surface area contributed by atoms with Crippen LogP contribution in [0.25, 0.3) is 10.4 Å². The van der Waals surface area contributed by atoms with E-state index >= 15 is 0 Å². The van der Waals surface area contributed by atoms with E-state index in [9.17, 15) is 0 Å². The molecule has 0 radical (unpaired) electrons. The first-order valence-corrected chi connectivity index (χ1v) is 3.78. The van der Waals surface area contributed by atoms with Crippen molar-refractivity contribution in [2.75, 3.05) is 7.11 Å². The molecule has 6 nitrogen and oxygen atoms in total. The Labute approximate surface area is 75.7 Å². The zero-order valence-corrected chi connectivity index (χ0v) is 7.85. The number of methoxy groups -OCH3 is 1. The lowest BCUT2D eigenvalue weighted by atomic mass is 10.2. The smallest absolute Gasteiger partial charge is 0.214 e. The van der Waals surface area contributed by atoms with Crippen LogP contribution in [0.3, 0.4) is 0 Å². The van der Waals surface area contributed by atoms with Crippen molar-refractivity contribution < 1.29 is 4.74 Å². The van der Waals surface area contributed by atoms with Crippen LogP contribution >= 0.6 is 0 Å². The quantitative estimate of drug-likeness (QED) is 0.403. The van der Waals surface area contributed by atoms with Crippen LogP contribution in [0.5, 0.6) is 5.88 Å². The van der Waals surface area contributed by atoms with Gasteiger partial charge in [0.15, 0.2) is 0 Å². The second-order valence-electron chi connectivity index (χ2n) is 2.59. The fourth-order valence-corrected chi connectivity index (χ4v) is 1.22. The van der Waals surface area contributed by atoms with Crippen molar-refractivity contribution in [2.24, 2.45) is 12.2 Å². The highest BCUT2D eigenvalue weighted by atomic mass is 16.5. The van der Waals surface area contributed by atoms with E-state index < -0.39 is 0 Å². The lowest BCUT2D eigenvalue weighted by molar-refractivity contribution is 0.369. The summed E-state index contributed by atoms with van der Waals surface area (Å²) in [6.45, 7) is 2.13. The summed E-state index contributed by atoms with van der Waals surface area (Å²) in [5, 5.41) is 7.62. The Bertz CT molecular complexity index is 350. The van der Waals surface area contributed by atoms with Gasteiger partial charge in [-0.25, -0.2) is 4.68 Å². The van der Waals surface area contributed by atoms with Gasteiger partial charge in [0.05, 0.1) is 19.3 Å². The van der Waals surface area contributed by atoms with E-state index in [-0.39, 0.29) is 6.54 Å². The summed E-state index contributed by atoms with van der Waals surface area (Å²) in [4.78, 5) is 2.69. The molecule has 0 saturated carbocycles. The predicted octanol–water partition coefficient (Wildman–Crippen LogP) is 1.55. The molecular formula is C7H11N5O. The fourth-order valence-electron chi connectivity index (χ4n) is 1.22. The molecule has 13 heavy (non-hydrogen) atoms. The van der Waals surface area contributed by atoms with Crippen molar-refractivity contribution >= 4 is 0 Å². The summed E-state index contributed by atoms with van der Waals surface area (Å²) in [5.74, 6) is 0.643. The molecular weight excluding hydrogens is 170 g/mol. The second-order valence-corrected chi connectivity index (χ2v) is 2.59. The molecule has 0 atom stereocenters. The zero-order valence-electron chi connectivity index (χ0n) is 7.85. The molecule has 0 aliphatic heterocycles. The van der Waals surface area contributed by atoms with Gasteiger partial charge in [-0.3, -0.25) is 0 Å². The van der Waals surface area contributed by atoms with Gasteiger partial charge in [-0.15, -0.1) is 0 Å². The molecule has 1 aromatic heterocycles. The van der Waals surface area contributed by atoms with Gasteiger partial charge < -0.3 is 4.74 Å². The normalized spacial score (nSPS) is 9.46. The summed E-state index contributed by atoms with van der Waals surface area (Å²) in [5.41, 5.74) is 9.84. The molecule has 0 aliphatic carbocycles. The molecule has 0 saturated heterocycles. The minimum absolute atomic E-state index is 0.277. The van der Waals surface area contributed by atoms with Crippen LogP contribution in [-0.4, -0.2) is 16.9 Å². The van der Waals surface area contributed by atoms with Gasteiger partial charge >= 0.3 is 0 Å². The van der Waals surface area contributed by atoms with Gasteiger partial charge in [-0.1, -0.05) is 5.11 Å². The average molecular weight is 181 g/mol. The monoisotopic (exact) mass is 181 g/mol. The third kappa shape index (κ3) is 1.73. The summed E-state index contributed by atoms with van der Waals surface area (Å²) in [6.07, 6.45) is 0. The highest BCUT2D eigenvalue weighted by Crippen LogP contribution is 2.21. The molecule has 1 rings (SSSR count). The number of nitrogens with zero attached hydrogens (tertiary/aromatic N) is 5. The van der Waals surface area contributed by atoms with Crippen molar-refractivity contribution in [3.05, 3.63) is 21.7 Å². The Hall–Kier alpha value is -1.68. The Balaban J connectivity index is 3.08. The van der Waals surface area contributed by atoms with Crippen LogP contribution in [0.15, 0.2) is 5.11 Å².